The van der Waals surface area contributed by atoms with Crippen LogP contribution in [0.15, 0.2) is 143 Å². The lowest BCUT2D eigenvalue weighted by molar-refractivity contribution is -0.135. The summed E-state index contributed by atoms with van der Waals surface area (Å²) in [6.07, 6.45) is 0.154. The van der Waals surface area contributed by atoms with Crippen molar-refractivity contribution in [3.05, 3.63) is 220 Å². The zero-order chi connectivity index (χ0) is 63.4. The zero-order valence-electron chi connectivity index (χ0n) is 51.2. The fourth-order valence-corrected chi connectivity index (χ4v) is 10.2. The molecular weight excluding hydrogens is 1140 g/mol. The van der Waals surface area contributed by atoms with Crippen molar-refractivity contribution >= 4 is 74.7 Å². The number of carbonyl (C=O) groups excluding carboxylic acids is 5. The van der Waals surface area contributed by atoms with E-state index in [0.717, 1.165) is 33.4 Å². The third kappa shape index (κ3) is 16.8. The van der Waals surface area contributed by atoms with Crippen molar-refractivity contribution in [3.8, 4) is 0 Å². The van der Waals surface area contributed by atoms with E-state index in [1.54, 1.807) is 110 Å². The van der Waals surface area contributed by atoms with Gasteiger partial charge in [0, 0.05) is 69.0 Å². The summed E-state index contributed by atoms with van der Waals surface area (Å²) in [5.41, 5.74) is 11.7. The van der Waals surface area contributed by atoms with Gasteiger partial charge in [-0.25, -0.2) is 14.8 Å². The van der Waals surface area contributed by atoms with E-state index >= 15 is 0 Å². The summed E-state index contributed by atoms with van der Waals surface area (Å²) in [4.78, 5) is 112. The number of nitrogens with zero attached hydrogens (tertiary/aromatic N) is 8. The average molecular weight is 1220 g/mol. The van der Waals surface area contributed by atoms with Crippen LogP contribution in [0.5, 0.6) is 0 Å². The molecule has 2 aromatic heterocycles. The van der Waals surface area contributed by atoms with E-state index in [-0.39, 0.29) is 73.7 Å². The summed E-state index contributed by atoms with van der Waals surface area (Å²) in [6, 6.07) is 36.9. The first-order valence-corrected chi connectivity index (χ1v) is 29.4. The Kier molecular flexibility index (Phi) is 22.0. The smallest absolute Gasteiger partial charge is 0.407 e. The molecule has 87 heavy (non-hydrogen) atoms. The van der Waals surface area contributed by atoms with Crippen LogP contribution in [-0.4, -0.2) is 128 Å². The number of ether oxygens (including phenoxy) is 1. The van der Waals surface area contributed by atoms with Gasteiger partial charge < -0.3 is 35.4 Å². The van der Waals surface area contributed by atoms with Crippen LogP contribution >= 0.6 is 23.2 Å². The maximum absolute atomic E-state index is 14.3. The van der Waals surface area contributed by atoms with Crippen molar-refractivity contribution < 1.29 is 28.7 Å². The number of carbonyl (C=O) groups is 5. The molecule has 0 aliphatic heterocycles. The molecule has 2 unspecified atom stereocenters. The van der Waals surface area contributed by atoms with Crippen molar-refractivity contribution in [2.45, 2.75) is 92.1 Å². The molecule has 3 N–H and O–H groups in total. The number of rotatable bonds is 19. The molecule has 456 valence electrons. The summed E-state index contributed by atoms with van der Waals surface area (Å²) in [6.45, 7) is 14.1. The number of nitrogens with two attached hydrogens (primary N) is 1. The molecule has 0 spiro atoms. The number of halogens is 2. The third-order valence-electron chi connectivity index (χ3n) is 14.2. The Bertz CT molecular complexity index is 3930. The summed E-state index contributed by atoms with van der Waals surface area (Å²) in [5.74, 6) is -1.34. The molecule has 0 aliphatic carbocycles. The first kappa shape index (κ1) is 65.8. The third-order valence-corrected chi connectivity index (χ3v) is 14.6. The second-order valence-electron chi connectivity index (χ2n) is 22.9. The van der Waals surface area contributed by atoms with Gasteiger partial charge in [-0.2, -0.15) is 0 Å². The van der Waals surface area contributed by atoms with Crippen LogP contribution in [0, 0.1) is 27.7 Å². The fraction of sp³-hybridized carbons (Fsp3) is 0.328. The van der Waals surface area contributed by atoms with Gasteiger partial charge in [-0.15, -0.1) is 0 Å². The molecule has 8 rings (SSSR count). The highest BCUT2D eigenvalue weighted by molar-refractivity contribution is 6.31. The lowest BCUT2D eigenvalue weighted by Crippen LogP contribution is -2.47. The van der Waals surface area contributed by atoms with Gasteiger partial charge in [-0.1, -0.05) is 118 Å². The second kappa shape index (κ2) is 29.1. The van der Waals surface area contributed by atoms with Crippen molar-refractivity contribution in [2.75, 3.05) is 54.4 Å². The number of alkyl carbamates (subject to hydrolysis) is 1. The number of nitrogens with one attached hydrogen (secondary N) is 1. The van der Waals surface area contributed by atoms with E-state index in [4.69, 9.17) is 43.6 Å². The van der Waals surface area contributed by atoms with Crippen LogP contribution in [-0.2, 0) is 27.4 Å². The van der Waals surface area contributed by atoms with Gasteiger partial charge in [-0.05, 0) is 140 Å². The van der Waals surface area contributed by atoms with Gasteiger partial charge in [0.1, 0.15) is 17.2 Å². The molecule has 0 saturated carbocycles. The first-order valence-electron chi connectivity index (χ1n) is 28.6. The monoisotopic (exact) mass is 1220 g/mol. The number of likely N-dealkylation sites (N-methyl/N-ethyl adjacent to an activating group) is 2. The van der Waals surface area contributed by atoms with E-state index in [0.29, 0.717) is 55.9 Å². The van der Waals surface area contributed by atoms with Crippen LogP contribution in [0.3, 0.4) is 0 Å². The SMILES string of the molecule is Cc1ccc(C(=O)N(CCCN)C(C(=O)N(C)C)c2nc3cc(Cl)ccc3c(=O)n2Cc2cccc(C)c2)cc1.Cc1ccc(C(=O)N(CCCNC(=O)OC(C)(C)C)C(C(=O)N(C)C)c2nc3cc(Cl)ccc3c(=O)n2Cc2cccc(C)c2)cc1. The minimum Gasteiger partial charge on any atom is -0.444 e. The van der Waals surface area contributed by atoms with Crippen LogP contribution in [0.2, 0.25) is 10.0 Å². The Morgan fingerprint density at radius 1 is 0.563 bits per heavy atom. The van der Waals surface area contributed by atoms with Gasteiger partial charge in [0.25, 0.3) is 34.7 Å². The number of fused-ring (bicyclic) bond motifs is 2. The van der Waals surface area contributed by atoms with Gasteiger partial charge in [-0.3, -0.25) is 37.9 Å². The molecule has 6 aromatic carbocycles. The minimum atomic E-state index is -1.29. The van der Waals surface area contributed by atoms with Gasteiger partial charge >= 0.3 is 6.09 Å². The Morgan fingerprint density at radius 2 is 0.966 bits per heavy atom. The van der Waals surface area contributed by atoms with Crippen molar-refractivity contribution in [2.24, 2.45) is 5.73 Å². The van der Waals surface area contributed by atoms with E-state index in [2.05, 4.69) is 5.32 Å². The molecule has 20 heteroatoms. The van der Waals surface area contributed by atoms with Crippen molar-refractivity contribution in [1.29, 1.82) is 0 Å². The van der Waals surface area contributed by atoms with Crippen LogP contribution in [0.25, 0.3) is 21.8 Å². The lowest BCUT2D eigenvalue weighted by Gasteiger charge is -2.33. The lowest BCUT2D eigenvalue weighted by atomic mass is 10.1. The average Bonchev–Trinajstić information content (AvgIpc) is 1.37. The van der Waals surface area contributed by atoms with Crippen molar-refractivity contribution in [1.82, 2.24) is 44.0 Å². The summed E-state index contributed by atoms with van der Waals surface area (Å²) in [7, 11) is 6.42. The molecule has 0 saturated heterocycles. The normalized spacial score (nSPS) is 11.9. The molecule has 0 aliphatic rings. The number of hydrogen-bond acceptors (Lipinski definition) is 11. The summed E-state index contributed by atoms with van der Waals surface area (Å²) < 4.78 is 8.31. The fourth-order valence-electron chi connectivity index (χ4n) is 9.82. The van der Waals surface area contributed by atoms with Gasteiger partial charge in [0.2, 0.25) is 0 Å². The molecule has 0 fully saturated rings. The van der Waals surface area contributed by atoms with Crippen LogP contribution in [0.1, 0.15) is 111 Å². The number of amides is 5. The number of hydrogen-bond donors (Lipinski definition) is 2. The minimum absolute atomic E-state index is 0.0562. The zero-order valence-corrected chi connectivity index (χ0v) is 52.7. The van der Waals surface area contributed by atoms with Crippen LogP contribution in [0.4, 0.5) is 4.79 Å². The highest BCUT2D eigenvalue weighted by Gasteiger charge is 2.39. The summed E-state index contributed by atoms with van der Waals surface area (Å²) in [5, 5.41) is 4.21. The first-order chi connectivity index (χ1) is 41.2. The largest absolute Gasteiger partial charge is 0.444 e. The molecule has 18 nitrogen and oxygen atoms in total. The van der Waals surface area contributed by atoms with Crippen molar-refractivity contribution in [3.63, 3.8) is 0 Å². The second-order valence-corrected chi connectivity index (χ2v) is 23.8. The van der Waals surface area contributed by atoms with E-state index in [1.165, 1.54) is 28.7 Å². The van der Waals surface area contributed by atoms with E-state index < -0.39 is 35.6 Å². The van der Waals surface area contributed by atoms with Gasteiger partial charge in [0.05, 0.1) is 34.9 Å². The molecule has 8 aromatic rings. The maximum atomic E-state index is 14.3. The highest BCUT2D eigenvalue weighted by Crippen LogP contribution is 2.30. The number of aromatic nitrogens is 4. The Hall–Kier alpha value is -8.71. The number of aryl methyl sites for hydroxylation is 4. The molecule has 5 amide bonds. The van der Waals surface area contributed by atoms with E-state index in [1.807, 2.05) is 100 Å². The molecular formula is C67H76Cl2N10O8. The number of benzene rings is 6. The van der Waals surface area contributed by atoms with Gasteiger partial charge in [0.15, 0.2) is 12.1 Å². The quantitative estimate of drug-likeness (QED) is 0.0726. The predicted octanol–water partition coefficient (Wildman–Crippen LogP) is 10.2. The maximum Gasteiger partial charge on any atom is 0.407 e. The Morgan fingerprint density at radius 3 is 1.33 bits per heavy atom. The summed E-state index contributed by atoms with van der Waals surface area (Å²) >= 11 is 12.6. The molecule has 2 atom stereocenters. The Labute approximate surface area is 517 Å². The molecule has 0 bridgehead atoms. The molecule has 2 heterocycles. The van der Waals surface area contributed by atoms with Crippen LogP contribution < -0.4 is 22.2 Å². The predicted molar refractivity (Wildman–Crippen MR) is 342 cm³/mol. The topological polar surface area (TPSA) is 215 Å². The van der Waals surface area contributed by atoms with E-state index in [9.17, 15) is 33.6 Å². The standard InChI is InChI=1S/C36H42ClN5O5.C31H34ClN5O3/c1-23-12-14-26(15-13-23)32(43)41(19-9-18-38-35(46)47-36(3,4)5)30(34(45)40(6)7)31-39-29-21-27(37)16-17-28(29)33(44)42(31)22-25-11-8-10-24(2)20-25;1-20-9-11-23(12-10-20)29(38)36(16-6-15-33)27(31(40)35(3)4)28-34-26-18-24(32)13-14-25(26)30(39)37(28)19-22-8-5-7-21(2)17-22/h8,10-17,20-21,30H,9,18-19,22H2,1-7H3,(H,38,46);5,7-14,17-18,27H,6,15-16,19,33H2,1-4H3. The molecule has 0 radical (unpaired) electrons. The highest BCUT2D eigenvalue weighted by atomic mass is 35.5. The Balaban J connectivity index is 0.000000252.